The van der Waals surface area contributed by atoms with E-state index in [-0.39, 0.29) is 17.1 Å². The molecule has 2 aromatic rings. The van der Waals surface area contributed by atoms with E-state index in [1.165, 1.54) is 35.0 Å². The van der Waals surface area contributed by atoms with Crippen LogP contribution in [0.3, 0.4) is 0 Å². The summed E-state index contributed by atoms with van der Waals surface area (Å²) in [4.78, 5) is 29.5. The van der Waals surface area contributed by atoms with Crippen LogP contribution in [0.15, 0.2) is 50.4 Å². The van der Waals surface area contributed by atoms with Gasteiger partial charge in [0.25, 0.3) is 11.6 Å². The second-order valence-electron chi connectivity index (χ2n) is 7.56. The van der Waals surface area contributed by atoms with Crippen LogP contribution in [0.5, 0.6) is 0 Å². The summed E-state index contributed by atoms with van der Waals surface area (Å²) in [6, 6.07) is 7.88. The van der Waals surface area contributed by atoms with E-state index in [1.807, 2.05) is 6.92 Å². The van der Waals surface area contributed by atoms with Gasteiger partial charge in [-0.05, 0) is 55.3 Å². The number of non-ortho nitro benzene ring substituents is 1. The standard InChI is InChI=1S/C21H18N6O4S/c1-12-4-5-13(27(29)30)10-15(12)17-7-6-14(31-17)11-16-18(22)26-20(23-19(16)28)32-21(24-26)25-8-2-3-9-25/h4-7,10-11,22H,2-3,8-9H2,1H3/b16-11+,22-18?. The second kappa shape index (κ2) is 7.75. The number of nitro benzene ring substituents is 1. The molecule has 3 aliphatic rings. The van der Waals surface area contributed by atoms with Crippen molar-refractivity contribution in [2.24, 2.45) is 10.1 Å². The first kappa shape index (κ1) is 20.2. The Bertz CT molecular complexity index is 1250. The summed E-state index contributed by atoms with van der Waals surface area (Å²) in [5.74, 6) is 0.179. The SMILES string of the molecule is Cc1ccc([N+](=O)[O-])cc1-c1ccc(/C=C2\C(=N)N3N=C(N4CCCC4)SC3=NC2=O)o1. The van der Waals surface area contributed by atoms with Crippen LogP contribution >= 0.6 is 11.8 Å². The number of fused-ring (bicyclic) bond motifs is 1. The Hall–Kier alpha value is -3.73. The van der Waals surface area contributed by atoms with Crippen LogP contribution in [-0.4, -0.2) is 50.0 Å². The molecule has 0 bridgehead atoms. The van der Waals surface area contributed by atoms with Gasteiger partial charge in [-0.25, -0.2) is 0 Å². The summed E-state index contributed by atoms with van der Waals surface area (Å²) >= 11 is 1.30. The first-order chi connectivity index (χ1) is 15.4. The molecule has 32 heavy (non-hydrogen) atoms. The molecule has 0 unspecified atom stereocenters. The topological polar surface area (TPSA) is 128 Å². The molecule has 1 saturated heterocycles. The van der Waals surface area contributed by atoms with Crippen molar-refractivity contribution in [3.05, 3.63) is 57.3 Å². The maximum Gasteiger partial charge on any atom is 0.283 e. The van der Waals surface area contributed by atoms with Crippen LogP contribution in [-0.2, 0) is 4.79 Å². The molecule has 1 aromatic carbocycles. The molecule has 11 heteroatoms. The lowest BCUT2D eigenvalue weighted by atomic mass is 10.1. The minimum atomic E-state index is -0.531. The third-order valence-corrected chi connectivity index (χ3v) is 6.40. The number of carbonyl (C=O) groups excluding carboxylic acids is 1. The fraction of sp³-hybridized carbons (Fsp3) is 0.238. The molecule has 5 rings (SSSR count). The molecule has 1 amide bonds. The van der Waals surface area contributed by atoms with Crippen molar-refractivity contribution in [3.8, 4) is 11.3 Å². The van der Waals surface area contributed by atoms with Crippen molar-refractivity contribution in [1.29, 1.82) is 5.41 Å². The highest BCUT2D eigenvalue weighted by Gasteiger charge is 2.37. The molecule has 1 aromatic heterocycles. The maximum atomic E-state index is 12.6. The summed E-state index contributed by atoms with van der Waals surface area (Å²) in [6.45, 7) is 3.64. The largest absolute Gasteiger partial charge is 0.457 e. The number of aryl methyl sites for hydroxylation is 1. The van der Waals surface area contributed by atoms with Gasteiger partial charge in [0.2, 0.25) is 5.17 Å². The minimum absolute atomic E-state index is 0.0359. The smallest absolute Gasteiger partial charge is 0.283 e. The zero-order chi connectivity index (χ0) is 22.4. The third-order valence-electron chi connectivity index (χ3n) is 5.43. The number of nitrogens with one attached hydrogen (secondary N) is 1. The number of amidine groups is 3. The van der Waals surface area contributed by atoms with E-state index < -0.39 is 10.8 Å². The van der Waals surface area contributed by atoms with Gasteiger partial charge in [0.1, 0.15) is 11.5 Å². The fourth-order valence-corrected chi connectivity index (χ4v) is 4.67. The van der Waals surface area contributed by atoms with Crippen LogP contribution in [0.4, 0.5) is 5.69 Å². The lowest BCUT2D eigenvalue weighted by Gasteiger charge is -2.19. The van der Waals surface area contributed by atoms with E-state index in [0.29, 0.717) is 22.3 Å². The number of thioether (sulfide) groups is 1. The molecule has 0 radical (unpaired) electrons. The summed E-state index contributed by atoms with van der Waals surface area (Å²) in [7, 11) is 0. The van der Waals surface area contributed by atoms with E-state index in [1.54, 1.807) is 18.2 Å². The predicted octanol–water partition coefficient (Wildman–Crippen LogP) is 3.84. The summed E-state index contributed by atoms with van der Waals surface area (Å²) in [6.07, 6.45) is 3.64. The van der Waals surface area contributed by atoms with Gasteiger partial charge in [-0.1, -0.05) is 6.07 Å². The maximum absolute atomic E-state index is 12.6. The highest BCUT2D eigenvalue weighted by atomic mass is 32.2. The fourth-order valence-electron chi connectivity index (χ4n) is 3.72. The molecule has 1 N–H and O–H groups in total. The van der Waals surface area contributed by atoms with Gasteiger partial charge in [-0.15, -0.1) is 5.10 Å². The number of furan rings is 1. The number of likely N-dealkylation sites (tertiary alicyclic amines) is 1. The molecular weight excluding hydrogens is 432 g/mol. The molecule has 10 nitrogen and oxygen atoms in total. The highest BCUT2D eigenvalue weighted by molar-refractivity contribution is 8.26. The van der Waals surface area contributed by atoms with Gasteiger partial charge in [0, 0.05) is 30.8 Å². The number of benzene rings is 1. The molecule has 0 saturated carbocycles. The molecule has 1 fully saturated rings. The van der Waals surface area contributed by atoms with Gasteiger partial charge < -0.3 is 9.32 Å². The Morgan fingerprint density at radius 3 is 2.75 bits per heavy atom. The predicted molar refractivity (Wildman–Crippen MR) is 121 cm³/mol. The zero-order valence-corrected chi connectivity index (χ0v) is 17.9. The number of hydrazone groups is 1. The van der Waals surface area contributed by atoms with Gasteiger partial charge in [0.15, 0.2) is 11.0 Å². The molecule has 0 spiro atoms. The first-order valence-electron chi connectivity index (χ1n) is 10.0. The number of nitro groups is 1. The second-order valence-corrected chi connectivity index (χ2v) is 8.49. The van der Waals surface area contributed by atoms with E-state index in [2.05, 4.69) is 15.0 Å². The molecule has 0 aliphatic carbocycles. The van der Waals surface area contributed by atoms with Crippen molar-refractivity contribution in [3.63, 3.8) is 0 Å². The molecule has 4 heterocycles. The monoisotopic (exact) mass is 450 g/mol. The van der Waals surface area contributed by atoms with Gasteiger partial charge >= 0.3 is 0 Å². The first-order valence-corrected chi connectivity index (χ1v) is 10.8. The van der Waals surface area contributed by atoms with Gasteiger partial charge in [0.05, 0.1) is 10.5 Å². The van der Waals surface area contributed by atoms with E-state index in [4.69, 9.17) is 9.83 Å². The van der Waals surface area contributed by atoms with Crippen molar-refractivity contribution in [2.75, 3.05) is 13.1 Å². The van der Waals surface area contributed by atoms with Gasteiger partial charge in [-0.3, -0.25) is 20.3 Å². The van der Waals surface area contributed by atoms with Crippen LogP contribution < -0.4 is 0 Å². The third kappa shape index (κ3) is 3.50. The van der Waals surface area contributed by atoms with Crippen LogP contribution in [0, 0.1) is 22.4 Å². The molecule has 3 aliphatic heterocycles. The summed E-state index contributed by atoms with van der Waals surface area (Å²) in [5, 5.41) is 26.6. The highest BCUT2D eigenvalue weighted by Crippen LogP contribution is 2.33. The van der Waals surface area contributed by atoms with Crippen molar-refractivity contribution < 1.29 is 14.1 Å². The van der Waals surface area contributed by atoms with Gasteiger partial charge in [-0.2, -0.15) is 10.0 Å². The van der Waals surface area contributed by atoms with Crippen molar-refractivity contribution >= 4 is 45.6 Å². The number of nitrogens with zero attached hydrogens (tertiary/aromatic N) is 5. The van der Waals surface area contributed by atoms with Crippen molar-refractivity contribution in [1.82, 2.24) is 9.91 Å². The van der Waals surface area contributed by atoms with E-state index in [9.17, 15) is 14.9 Å². The Labute approximate surface area is 186 Å². The Balaban J connectivity index is 1.44. The summed E-state index contributed by atoms with van der Waals surface area (Å²) < 4.78 is 5.83. The Morgan fingerprint density at radius 2 is 2.00 bits per heavy atom. The Kier molecular flexibility index (Phi) is 4.89. The number of amides is 1. The average Bonchev–Trinajstić information content (AvgIpc) is 3.51. The number of carbonyl (C=O) groups is 1. The van der Waals surface area contributed by atoms with Crippen molar-refractivity contribution in [2.45, 2.75) is 19.8 Å². The normalized spacial score (nSPS) is 19.5. The van der Waals surface area contributed by atoms with Crippen LogP contribution in [0.25, 0.3) is 17.4 Å². The van der Waals surface area contributed by atoms with E-state index in [0.717, 1.165) is 36.7 Å². The number of hydrogen-bond acceptors (Lipinski definition) is 8. The average molecular weight is 450 g/mol. The lowest BCUT2D eigenvalue weighted by molar-refractivity contribution is -0.384. The molecule has 162 valence electrons. The van der Waals surface area contributed by atoms with E-state index >= 15 is 0 Å². The molecular formula is C21H18N6O4S. The number of hydrogen-bond donors (Lipinski definition) is 1. The van der Waals surface area contributed by atoms with Crippen LogP contribution in [0.2, 0.25) is 0 Å². The zero-order valence-electron chi connectivity index (χ0n) is 17.1. The molecule has 0 atom stereocenters. The Morgan fingerprint density at radius 1 is 1.22 bits per heavy atom. The quantitative estimate of drug-likeness (QED) is 0.427. The van der Waals surface area contributed by atoms with Crippen LogP contribution in [0.1, 0.15) is 24.2 Å². The minimum Gasteiger partial charge on any atom is -0.457 e. The number of rotatable bonds is 3. The summed E-state index contributed by atoms with van der Waals surface area (Å²) in [5.41, 5.74) is 1.44. The lowest BCUT2D eigenvalue weighted by Crippen LogP contribution is -2.35. The number of aliphatic imine (C=N–C) groups is 1.